The first kappa shape index (κ1) is 42.7. The van der Waals surface area contributed by atoms with Crippen LogP contribution in [0.1, 0.15) is 150 Å². The molecule has 4 aliphatic rings. The number of rotatable bonds is 21. The Kier molecular flexibility index (Phi) is 16.5. The second kappa shape index (κ2) is 20.0. The number of nitrogens with two attached hydrogens (primary N) is 3. The van der Waals surface area contributed by atoms with Crippen molar-refractivity contribution in [2.24, 2.45) is 69.5 Å². The minimum Gasteiger partial charge on any atom is -0.466 e. The zero-order valence-electron chi connectivity index (χ0n) is 33.0. The fraction of sp³-hybridized carbons (Fsp3) is 0.905. The molecule has 10 nitrogen and oxygen atoms in total. The number of carbonyl (C=O) groups is 4. The van der Waals surface area contributed by atoms with Gasteiger partial charge in [0.15, 0.2) is 0 Å². The van der Waals surface area contributed by atoms with Crippen molar-refractivity contribution >= 4 is 23.7 Å². The Morgan fingerprint density at radius 2 is 1.42 bits per heavy atom. The lowest BCUT2D eigenvalue weighted by Gasteiger charge is -2.65. The molecule has 52 heavy (non-hydrogen) atoms. The second-order valence-electron chi connectivity index (χ2n) is 17.5. The van der Waals surface area contributed by atoms with E-state index >= 15 is 0 Å². The van der Waals surface area contributed by atoms with Crippen LogP contribution in [-0.2, 0) is 33.4 Å². The van der Waals surface area contributed by atoms with E-state index in [1.54, 1.807) is 0 Å². The molecule has 0 aromatic heterocycles. The molecule has 4 saturated carbocycles. The lowest BCUT2D eigenvalue weighted by molar-refractivity contribution is -0.210. The number of hydrogen-bond acceptors (Lipinski definition) is 10. The first-order chi connectivity index (χ1) is 24.9. The van der Waals surface area contributed by atoms with Crippen LogP contribution in [0.2, 0.25) is 0 Å². The number of Topliss-reactive ketones (excluding diaryl/α,β-unsaturated/α-hetero) is 1. The van der Waals surface area contributed by atoms with Crippen LogP contribution >= 0.6 is 0 Å². The highest BCUT2D eigenvalue weighted by Crippen LogP contribution is 2.70. The van der Waals surface area contributed by atoms with Gasteiger partial charge in [0, 0.05) is 37.8 Å². The average Bonchev–Trinajstić information content (AvgIpc) is 3.46. The predicted molar refractivity (Wildman–Crippen MR) is 203 cm³/mol. The molecule has 0 aliphatic heterocycles. The maximum atomic E-state index is 13.3. The molecule has 10 heteroatoms. The Balaban J connectivity index is 1.56. The zero-order chi connectivity index (χ0) is 37.9. The molecule has 11 atom stereocenters. The van der Waals surface area contributed by atoms with Crippen molar-refractivity contribution in [3.63, 3.8) is 0 Å². The van der Waals surface area contributed by atoms with Gasteiger partial charge >= 0.3 is 17.9 Å². The van der Waals surface area contributed by atoms with Crippen molar-refractivity contribution < 1.29 is 33.4 Å². The smallest absolute Gasteiger partial charge is 0.307 e. The number of ether oxygens (including phenoxy) is 3. The van der Waals surface area contributed by atoms with Gasteiger partial charge in [-0.25, -0.2) is 0 Å². The van der Waals surface area contributed by atoms with Crippen LogP contribution in [0, 0.1) is 52.3 Å². The van der Waals surface area contributed by atoms with Gasteiger partial charge in [-0.1, -0.05) is 59.8 Å². The molecular formula is C42H73N3O7. The standard InChI is InChI=1S/C42H73N3O7/c1-5-6-7-8-9-10-23-50-37(47)14-11-28(2)33-12-13-34-40-29(25-31(46)16-20-43)24-30-26-32(51-38(48)17-21-44)15-19-41(30,3)35(40)27-36(42(33,34)4)52-39(49)18-22-45/h28-30,32-36,40H,5-27,43-45H2,1-4H3/t28-,29+,30-,32-,33-,34+,35+,36+,40+,41+,42-/m1/s1. The molecule has 0 aromatic carbocycles. The first-order valence-electron chi connectivity index (χ1n) is 21.1. The summed E-state index contributed by atoms with van der Waals surface area (Å²) in [7, 11) is 0. The van der Waals surface area contributed by atoms with Crippen LogP contribution in [0.5, 0.6) is 0 Å². The van der Waals surface area contributed by atoms with E-state index < -0.39 is 0 Å². The van der Waals surface area contributed by atoms with Crippen molar-refractivity contribution in [2.75, 3.05) is 26.2 Å². The van der Waals surface area contributed by atoms with Gasteiger partial charge in [0.05, 0.1) is 19.4 Å². The highest BCUT2D eigenvalue weighted by molar-refractivity contribution is 5.79. The number of unbranched alkanes of at least 4 members (excludes halogenated alkanes) is 5. The maximum absolute atomic E-state index is 13.3. The van der Waals surface area contributed by atoms with Crippen LogP contribution in [0.3, 0.4) is 0 Å². The number of ketones is 1. The van der Waals surface area contributed by atoms with Crippen LogP contribution in [-0.4, -0.2) is 62.1 Å². The fourth-order valence-corrected chi connectivity index (χ4v) is 11.7. The Bertz CT molecular complexity index is 1180. The van der Waals surface area contributed by atoms with Crippen molar-refractivity contribution in [1.29, 1.82) is 0 Å². The van der Waals surface area contributed by atoms with Gasteiger partial charge < -0.3 is 31.4 Å². The second-order valence-corrected chi connectivity index (χ2v) is 17.5. The average molecular weight is 732 g/mol. The molecule has 0 aromatic rings. The van der Waals surface area contributed by atoms with Gasteiger partial charge in [0.1, 0.15) is 18.0 Å². The molecule has 0 heterocycles. The molecule has 4 rings (SSSR count). The molecule has 0 bridgehead atoms. The van der Waals surface area contributed by atoms with E-state index in [1.165, 1.54) is 25.7 Å². The number of esters is 3. The summed E-state index contributed by atoms with van der Waals surface area (Å²) in [6.07, 6.45) is 15.1. The van der Waals surface area contributed by atoms with Crippen molar-refractivity contribution in [3.8, 4) is 0 Å². The molecule has 4 aliphatic carbocycles. The van der Waals surface area contributed by atoms with Gasteiger partial charge in [-0.15, -0.1) is 0 Å². The van der Waals surface area contributed by atoms with Crippen LogP contribution in [0.25, 0.3) is 0 Å². The lowest BCUT2D eigenvalue weighted by atomic mass is 9.41. The fourth-order valence-electron chi connectivity index (χ4n) is 11.7. The van der Waals surface area contributed by atoms with Crippen LogP contribution in [0.15, 0.2) is 0 Å². The summed E-state index contributed by atoms with van der Waals surface area (Å²) >= 11 is 0. The molecule has 0 saturated heterocycles. The number of hydrogen-bond donors (Lipinski definition) is 3. The lowest BCUT2D eigenvalue weighted by Crippen LogP contribution is -2.62. The SMILES string of the molecule is CCCCCCCCOC(=O)CC[C@@H](C)[C@H]1CC[C@H]2[C@@H]3[C@H](CC(=O)CCN)C[C@@H]4C[C@H](OC(=O)CCN)CC[C@]4(C)[C@H]3C[C@H](OC(=O)CCN)[C@]12C. The van der Waals surface area contributed by atoms with Gasteiger partial charge in [-0.3, -0.25) is 19.2 Å². The normalized spacial score (nSPS) is 34.4. The van der Waals surface area contributed by atoms with Crippen molar-refractivity contribution in [1.82, 2.24) is 0 Å². The zero-order valence-corrected chi connectivity index (χ0v) is 33.0. The summed E-state index contributed by atoms with van der Waals surface area (Å²) < 4.78 is 18.1. The molecule has 0 amide bonds. The quantitative estimate of drug-likeness (QED) is 0.0661. The van der Waals surface area contributed by atoms with E-state index in [2.05, 4.69) is 27.7 Å². The Hall–Kier alpha value is -2.04. The molecule has 0 spiro atoms. The van der Waals surface area contributed by atoms with Gasteiger partial charge in [0.25, 0.3) is 0 Å². The Labute approximate surface area is 314 Å². The van der Waals surface area contributed by atoms with Crippen LogP contribution < -0.4 is 17.2 Å². The third kappa shape index (κ3) is 10.2. The summed E-state index contributed by atoms with van der Waals surface area (Å²) in [5.41, 5.74) is 17.0. The van der Waals surface area contributed by atoms with Crippen molar-refractivity contribution in [2.45, 2.75) is 162 Å². The summed E-state index contributed by atoms with van der Waals surface area (Å²) in [6, 6.07) is 0. The van der Waals surface area contributed by atoms with E-state index in [1.807, 2.05) is 0 Å². The van der Waals surface area contributed by atoms with E-state index in [0.29, 0.717) is 38.3 Å². The third-order valence-electron chi connectivity index (χ3n) is 14.4. The number of carbonyl (C=O) groups excluding carboxylic acids is 4. The van der Waals surface area contributed by atoms with E-state index in [4.69, 9.17) is 31.4 Å². The molecular weight excluding hydrogens is 658 g/mol. The monoisotopic (exact) mass is 732 g/mol. The summed E-state index contributed by atoms with van der Waals surface area (Å²) in [5, 5.41) is 0. The minimum absolute atomic E-state index is 0.0296. The van der Waals surface area contributed by atoms with E-state index in [9.17, 15) is 19.2 Å². The molecule has 0 unspecified atom stereocenters. The molecule has 6 N–H and O–H groups in total. The van der Waals surface area contributed by atoms with Crippen molar-refractivity contribution in [3.05, 3.63) is 0 Å². The largest absolute Gasteiger partial charge is 0.466 e. The minimum atomic E-state index is -0.291. The summed E-state index contributed by atoms with van der Waals surface area (Å²) in [4.78, 5) is 51.9. The third-order valence-corrected chi connectivity index (χ3v) is 14.4. The predicted octanol–water partition coefficient (Wildman–Crippen LogP) is 6.63. The molecule has 298 valence electrons. The summed E-state index contributed by atoms with van der Waals surface area (Å²) in [5.74, 6) is 1.46. The van der Waals surface area contributed by atoms with Gasteiger partial charge in [0.2, 0.25) is 0 Å². The number of fused-ring (bicyclic) bond motifs is 5. The topological polar surface area (TPSA) is 174 Å². The molecule has 0 radical (unpaired) electrons. The van der Waals surface area contributed by atoms with Gasteiger partial charge in [-0.05, 0) is 111 Å². The maximum Gasteiger partial charge on any atom is 0.307 e. The highest BCUT2D eigenvalue weighted by atomic mass is 16.5. The first-order valence-corrected chi connectivity index (χ1v) is 21.1. The van der Waals surface area contributed by atoms with Gasteiger partial charge in [-0.2, -0.15) is 0 Å². The van der Waals surface area contributed by atoms with E-state index in [0.717, 1.165) is 64.2 Å². The summed E-state index contributed by atoms with van der Waals surface area (Å²) in [6.45, 7) is 10.6. The van der Waals surface area contributed by atoms with Crippen LogP contribution in [0.4, 0.5) is 0 Å². The Morgan fingerprint density at radius 3 is 2.12 bits per heavy atom. The molecule has 4 fully saturated rings. The van der Waals surface area contributed by atoms with E-state index in [-0.39, 0.29) is 108 Å². The Morgan fingerprint density at radius 1 is 0.750 bits per heavy atom. The highest BCUT2D eigenvalue weighted by Gasteiger charge is 2.67.